The summed E-state index contributed by atoms with van der Waals surface area (Å²) in [5, 5.41) is 0. The summed E-state index contributed by atoms with van der Waals surface area (Å²) in [4.78, 5) is 0. The summed E-state index contributed by atoms with van der Waals surface area (Å²) in [7, 11) is 0. The van der Waals surface area contributed by atoms with E-state index in [0.717, 1.165) is 25.7 Å². The Morgan fingerprint density at radius 1 is 0.875 bits per heavy atom. The standard InChI is InChI=1S/C8H10/c1-2-4-6-8-7-5-3-1/h1-2H,3-6H2/b2-1-. The van der Waals surface area contributed by atoms with E-state index in [-0.39, 0.29) is 0 Å². The van der Waals surface area contributed by atoms with Gasteiger partial charge in [0.2, 0.25) is 0 Å². The van der Waals surface area contributed by atoms with Crippen LogP contribution in [0.5, 0.6) is 0 Å². The zero-order valence-electron chi connectivity index (χ0n) is 4.98. The lowest BCUT2D eigenvalue weighted by Crippen LogP contribution is -1.72. The van der Waals surface area contributed by atoms with Gasteiger partial charge in [-0.3, -0.25) is 0 Å². The Morgan fingerprint density at radius 2 is 1.38 bits per heavy atom. The van der Waals surface area contributed by atoms with Crippen LogP contribution in [-0.2, 0) is 0 Å². The largest absolute Gasteiger partial charge is 0.103 e. The third kappa shape index (κ3) is 1.84. The summed E-state index contributed by atoms with van der Waals surface area (Å²) in [5.74, 6) is 6.17. The van der Waals surface area contributed by atoms with Crippen LogP contribution in [0.15, 0.2) is 12.2 Å². The van der Waals surface area contributed by atoms with Crippen LogP contribution in [0.1, 0.15) is 25.7 Å². The Labute approximate surface area is 50.6 Å². The van der Waals surface area contributed by atoms with Crippen LogP contribution in [0.3, 0.4) is 0 Å². The van der Waals surface area contributed by atoms with E-state index in [1.165, 1.54) is 0 Å². The van der Waals surface area contributed by atoms with Gasteiger partial charge in [0.25, 0.3) is 0 Å². The fraction of sp³-hybridized carbons (Fsp3) is 0.500. The molecule has 0 N–H and O–H groups in total. The van der Waals surface area contributed by atoms with E-state index in [2.05, 4.69) is 24.0 Å². The van der Waals surface area contributed by atoms with E-state index in [9.17, 15) is 0 Å². The molecule has 0 atom stereocenters. The summed E-state index contributed by atoms with van der Waals surface area (Å²) in [6.45, 7) is 0. The Hall–Kier alpha value is -0.700. The minimum Gasteiger partial charge on any atom is -0.103 e. The fourth-order valence-electron chi connectivity index (χ4n) is 0.723. The molecule has 1 aliphatic carbocycles. The van der Waals surface area contributed by atoms with Gasteiger partial charge >= 0.3 is 0 Å². The molecule has 0 radical (unpaired) electrons. The van der Waals surface area contributed by atoms with Crippen molar-refractivity contribution in [2.24, 2.45) is 0 Å². The molecular weight excluding hydrogens is 96.1 g/mol. The van der Waals surface area contributed by atoms with Crippen molar-refractivity contribution in [2.75, 3.05) is 0 Å². The molecule has 0 spiro atoms. The zero-order valence-corrected chi connectivity index (χ0v) is 4.98. The van der Waals surface area contributed by atoms with Gasteiger partial charge in [-0.15, -0.1) is 11.8 Å². The lowest BCUT2D eigenvalue weighted by atomic mass is 10.2. The Morgan fingerprint density at radius 3 is 1.88 bits per heavy atom. The lowest BCUT2D eigenvalue weighted by molar-refractivity contribution is 1.01. The van der Waals surface area contributed by atoms with Crippen molar-refractivity contribution < 1.29 is 0 Å². The van der Waals surface area contributed by atoms with E-state index in [0.29, 0.717) is 0 Å². The van der Waals surface area contributed by atoms with Gasteiger partial charge in [-0.1, -0.05) is 12.2 Å². The molecule has 0 aromatic heterocycles. The quantitative estimate of drug-likeness (QED) is 0.328. The Balaban J connectivity index is 2.36. The van der Waals surface area contributed by atoms with E-state index in [4.69, 9.17) is 0 Å². The second kappa shape index (κ2) is 3.32. The first-order valence-corrected chi connectivity index (χ1v) is 3.11. The van der Waals surface area contributed by atoms with Crippen LogP contribution in [0.25, 0.3) is 0 Å². The molecule has 0 unspecified atom stereocenters. The van der Waals surface area contributed by atoms with Crippen molar-refractivity contribution in [1.82, 2.24) is 0 Å². The Bertz CT molecular complexity index is 118. The molecule has 42 valence electrons. The van der Waals surface area contributed by atoms with E-state index < -0.39 is 0 Å². The predicted octanol–water partition coefficient (Wildman–Crippen LogP) is 2.12. The van der Waals surface area contributed by atoms with Gasteiger partial charge in [0.1, 0.15) is 0 Å². The van der Waals surface area contributed by atoms with Crippen LogP contribution >= 0.6 is 0 Å². The molecule has 1 rings (SSSR count). The molecule has 0 aromatic carbocycles. The molecular formula is C8H10. The molecule has 0 bridgehead atoms. The minimum absolute atomic E-state index is 1.05. The van der Waals surface area contributed by atoms with Crippen molar-refractivity contribution in [3.63, 3.8) is 0 Å². The summed E-state index contributed by atoms with van der Waals surface area (Å²) in [6.07, 6.45) is 8.83. The van der Waals surface area contributed by atoms with Crippen LogP contribution in [0.2, 0.25) is 0 Å². The third-order valence-corrected chi connectivity index (χ3v) is 1.16. The van der Waals surface area contributed by atoms with Gasteiger partial charge in [0.05, 0.1) is 0 Å². The van der Waals surface area contributed by atoms with Crippen molar-refractivity contribution in [3.8, 4) is 11.8 Å². The average molecular weight is 106 g/mol. The molecule has 0 nitrogen and oxygen atoms in total. The monoisotopic (exact) mass is 106 g/mol. The molecule has 0 heteroatoms. The molecule has 0 saturated carbocycles. The molecule has 0 aromatic rings. The normalized spacial score (nSPS) is 22.0. The summed E-state index contributed by atoms with van der Waals surface area (Å²) in [5.41, 5.74) is 0. The van der Waals surface area contributed by atoms with Gasteiger partial charge in [-0.05, 0) is 12.8 Å². The summed E-state index contributed by atoms with van der Waals surface area (Å²) >= 11 is 0. The second-order valence-electron chi connectivity index (χ2n) is 1.90. The van der Waals surface area contributed by atoms with E-state index >= 15 is 0 Å². The Kier molecular flexibility index (Phi) is 2.26. The molecule has 8 heavy (non-hydrogen) atoms. The number of rotatable bonds is 0. The second-order valence-corrected chi connectivity index (χ2v) is 1.90. The molecule has 0 amide bonds. The summed E-state index contributed by atoms with van der Waals surface area (Å²) in [6, 6.07) is 0. The minimum atomic E-state index is 1.05. The summed E-state index contributed by atoms with van der Waals surface area (Å²) < 4.78 is 0. The van der Waals surface area contributed by atoms with Gasteiger partial charge in [-0.25, -0.2) is 0 Å². The topological polar surface area (TPSA) is 0 Å². The van der Waals surface area contributed by atoms with Gasteiger partial charge in [0.15, 0.2) is 0 Å². The maximum absolute atomic E-state index is 3.09. The van der Waals surface area contributed by atoms with Crippen LogP contribution in [0.4, 0.5) is 0 Å². The first kappa shape index (κ1) is 5.44. The first-order chi connectivity index (χ1) is 4.00. The maximum Gasteiger partial charge on any atom is 0.0123 e. The van der Waals surface area contributed by atoms with Crippen LogP contribution in [0, 0.1) is 11.8 Å². The molecule has 1 aliphatic rings. The van der Waals surface area contributed by atoms with Gasteiger partial charge < -0.3 is 0 Å². The van der Waals surface area contributed by atoms with Crippen molar-refractivity contribution in [3.05, 3.63) is 12.2 Å². The van der Waals surface area contributed by atoms with E-state index in [1.807, 2.05) is 0 Å². The smallest absolute Gasteiger partial charge is 0.0123 e. The highest BCUT2D eigenvalue weighted by Gasteiger charge is 1.80. The highest BCUT2D eigenvalue weighted by atomic mass is 13.9. The molecule has 0 saturated heterocycles. The average Bonchev–Trinajstić information content (AvgIpc) is 1.62. The van der Waals surface area contributed by atoms with E-state index in [1.54, 1.807) is 0 Å². The SMILES string of the molecule is C1#CCC/C=C\CC1. The van der Waals surface area contributed by atoms with Crippen molar-refractivity contribution in [2.45, 2.75) is 25.7 Å². The lowest BCUT2D eigenvalue weighted by Gasteiger charge is -1.88. The van der Waals surface area contributed by atoms with Gasteiger partial charge in [0, 0.05) is 12.8 Å². The van der Waals surface area contributed by atoms with Crippen LogP contribution in [-0.4, -0.2) is 0 Å². The molecule has 0 heterocycles. The highest BCUT2D eigenvalue weighted by molar-refractivity contribution is 5.04. The molecule has 0 fully saturated rings. The molecule has 0 aliphatic heterocycles. The van der Waals surface area contributed by atoms with Crippen molar-refractivity contribution in [1.29, 1.82) is 0 Å². The number of allylic oxidation sites excluding steroid dienone is 2. The third-order valence-electron chi connectivity index (χ3n) is 1.16. The number of hydrogen-bond donors (Lipinski definition) is 0. The van der Waals surface area contributed by atoms with Crippen molar-refractivity contribution >= 4 is 0 Å². The zero-order chi connectivity index (χ0) is 5.66. The van der Waals surface area contributed by atoms with Gasteiger partial charge in [-0.2, -0.15) is 0 Å². The highest BCUT2D eigenvalue weighted by Crippen LogP contribution is 1.97. The predicted molar refractivity (Wildman–Crippen MR) is 35.4 cm³/mol. The first-order valence-electron chi connectivity index (χ1n) is 3.11. The maximum atomic E-state index is 3.09. The number of hydrogen-bond acceptors (Lipinski definition) is 0. The fourth-order valence-corrected chi connectivity index (χ4v) is 0.723. The van der Waals surface area contributed by atoms with Crippen LogP contribution < -0.4 is 0 Å².